The van der Waals surface area contributed by atoms with Crippen LogP contribution in [0.2, 0.25) is 0 Å². The van der Waals surface area contributed by atoms with Gasteiger partial charge in [-0.1, -0.05) is 18.2 Å². The molecule has 0 fully saturated rings. The van der Waals surface area contributed by atoms with E-state index in [2.05, 4.69) is 30.6 Å². The quantitative estimate of drug-likeness (QED) is 0.442. The molecular formula is C22H19N7O2. The number of aromatic nitrogens is 4. The lowest BCUT2D eigenvalue weighted by atomic mass is 10.1. The van der Waals surface area contributed by atoms with Crippen molar-refractivity contribution in [3.05, 3.63) is 84.2 Å². The van der Waals surface area contributed by atoms with E-state index in [1.165, 1.54) is 25.0 Å². The molecule has 0 bridgehead atoms. The standard InChI is InChI=1S/C22H19N7O2/c1-13(28-21-18-7-3-6-17(20(23)30)19(18)26-12-27-21)14-4-2-5-16(8-14)29-22(31)15-9-24-11-25-10-15/h2-13H,1H3,(H2,23,30)(H,29,31)(H,26,27,28)/t13-/m1/s1. The number of rotatable bonds is 6. The van der Waals surface area contributed by atoms with Crippen molar-refractivity contribution in [2.75, 3.05) is 10.6 Å². The van der Waals surface area contributed by atoms with E-state index in [0.717, 1.165) is 5.56 Å². The molecule has 4 N–H and O–H groups in total. The van der Waals surface area contributed by atoms with Gasteiger partial charge in [-0.3, -0.25) is 9.59 Å². The van der Waals surface area contributed by atoms with Gasteiger partial charge in [-0.05, 0) is 36.8 Å². The second-order valence-corrected chi connectivity index (χ2v) is 6.86. The zero-order valence-electron chi connectivity index (χ0n) is 16.6. The van der Waals surface area contributed by atoms with E-state index >= 15 is 0 Å². The van der Waals surface area contributed by atoms with Crippen LogP contribution in [0, 0.1) is 0 Å². The zero-order chi connectivity index (χ0) is 21.8. The van der Waals surface area contributed by atoms with E-state index in [1.807, 2.05) is 31.2 Å². The Morgan fingerprint density at radius 2 is 1.77 bits per heavy atom. The van der Waals surface area contributed by atoms with Crippen LogP contribution in [0.15, 0.2) is 67.5 Å². The van der Waals surface area contributed by atoms with Gasteiger partial charge >= 0.3 is 0 Å². The lowest BCUT2D eigenvalue weighted by molar-refractivity contribution is 0.0998. The molecule has 2 aromatic heterocycles. The lowest BCUT2D eigenvalue weighted by Crippen LogP contribution is -2.14. The molecule has 0 spiro atoms. The van der Waals surface area contributed by atoms with Crippen LogP contribution in [0.5, 0.6) is 0 Å². The minimum absolute atomic E-state index is 0.146. The van der Waals surface area contributed by atoms with Crippen molar-refractivity contribution in [1.82, 2.24) is 19.9 Å². The monoisotopic (exact) mass is 413 g/mol. The number of hydrogen-bond acceptors (Lipinski definition) is 7. The van der Waals surface area contributed by atoms with E-state index in [0.29, 0.717) is 33.5 Å². The highest BCUT2D eigenvalue weighted by Gasteiger charge is 2.14. The maximum absolute atomic E-state index is 12.4. The number of para-hydroxylation sites is 1. The Balaban J connectivity index is 1.56. The van der Waals surface area contributed by atoms with Gasteiger partial charge in [0.2, 0.25) is 0 Å². The Kier molecular flexibility index (Phi) is 5.48. The van der Waals surface area contributed by atoms with E-state index in [1.54, 1.807) is 18.2 Å². The van der Waals surface area contributed by atoms with Crippen molar-refractivity contribution in [2.45, 2.75) is 13.0 Å². The molecule has 4 rings (SSSR count). The number of fused-ring (bicyclic) bond motifs is 1. The second-order valence-electron chi connectivity index (χ2n) is 6.86. The Morgan fingerprint density at radius 1 is 1.00 bits per heavy atom. The molecule has 154 valence electrons. The summed E-state index contributed by atoms with van der Waals surface area (Å²) in [7, 11) is 0. The molecule has 0 aliphatic rings. The molecule has 31 heavy (non-hydrogen) atoms. The maximum Gasteiger partial charge on any atom is 0.258 e. The summed E-state index contributed by atoms with van der Waals surface area (Å²) in [5.41, 5.74) is 8.23. The molecule has 0 aliphatic heterocycles. The third kappa shape index (κ3) is 4.30. The first-order chi connectivity index (χ1) is 15.0. The van der Waals surface area contributed by atoms with Gasteiger partial charge in [0.05, 0.1) is 22.7 Å². The van der Waals surface area contributed by atoms with Crippen LogP contribution >= 0.6 is 0 Å². The van der Waals surface area contributed by atoms with Crippen molar-refractivity contribution in [2.24, 2.45) is 5.73 Å². The summed E-state index contributed by atoms with van der Waals surface area (Å²) in [6, 6.07) is 12.5. The molecular weight excluding hydrogens is 394 g/mol. The SMILES string of the molecule is C[C@@H](Nc1ncnc2c(C(N)=O)cccc12)c1cccc(NC(=O)c2cncnc2)c1. The average molecular weight is 413 g/mol. The molecule has 2 amide bonds. The summed E-state index contributed by atoms with van der Waals surface area (Å²) in [5, 5.41) is 6.88. The molecule has 0 saturated carbocycles. The first kappa shape index (κ1) is 19.9. The molecule has 0 saturated heterocycles. The van der Waals surface area contributed by atoms with Crippen LogP contribution in [0.4, 0.5) is 11.5 Å². The summed E-state index contributed by atoms with van der Waals surface area (Å²) in [6.07, 6.45) is 5.67. The molecule has 0 unspecified atom stereocenters. The Bertz CT molecular complexity index is 1260. The topological polar surface area (TPSA) is 136 Å². The highest BCUT2D eigenvalue weighted by atomic mass is 16.2. The van der Waals surface area contributed by atoms with Gasteiger partial charge in [-0.15, -0.1) is 0 Å². The van der Waals surface area contributed by atoms with Crippen molar-refractivity contribution in [3.8, 4) is 0 Å². The van der Waals surface area contributed by atoms with Gasteiger partial charge in [-0.2, -0.15) is 0 Å². The number of amides is 2. The second kappa shape index (κ2) is 8.54. The normalized spacial score (nSPS) is 11.6. The van der Waals surface area contributed by atoms with Crippen LogP contribution in [0.25, 0.3) is 10.9 Å². The zero-order valence-corrected chi connectivity index (χ0v) is 16.6. The summed E-state index contributed by atoms with van der Waals surface area (Å²) in [6.45, 7) is 1.97. The molecule has 2 heterocycles. The Hall–Kier alpha value is -4.40. The van der Waals surface area contributed by atoms with E-state index in [4.69, 9.17) is 5.73 Å². The number of anilines is 2. The maximum atomic E-state index is 12.4. The van der Waals surface area contributed by atoms with Gasteiger partial charge in [0, 0.05) is 23.5 Å². The Labute approximate surface area is 177 Å². The summed E-state index contributed by atoms with van der Waals surface area (Å²) >= 11 is 0. The van der Waals surface area contributed by atoms with Crippen LogP contribution in [-0.4, -0.2) is 31.8 Å². The third-order valence-electron chi connectivity index (χ3n) is 4.75. The van der Waals surface area contributed by atoms with Crippen LogP contribution in [-0.2, 0) is 0 Å². The molecule has 1 atom stereocenters. The fourth-order valence-corrected chi connectivity index (χ4v) is 3.20. The summed E-state index contributed by atoms with van der Waals surface area (Å²) < 4.78 is 0. The molecule has 9 nitrogen and oxygen atoms in total. The number of nitrogens with one attached hydrogen (secondary N) is 2. The molecule has 9 heteroatoms. The average Bonchev–Trinajstić information content (AvgIpc) is 2.79. The smallest absolute Gasteiger partial charge is 0.258 e. The highest BCUT2D eigenvalue weighted by Crippen LogP contribution is 2.26. The van der Waals surface area contributed by atoms with Crippen molar-refractivity contribution in [3.63, 3.8) is 0 Å². The predicted molar refractivity (Wildman–Crippen MR) is 117 cm³/mol. The van der Waals surface area contributed by atoms with E-state index in [9.17, 15) is 9.59 Å². The number of carbonyl (C=O) groups excluding carboxylic acids is 2. The van der Waals surface area contributed by atoms with Crippen molar-refractivity contribution in [1.29, 1.82) is 0 Å². The number of hydrogen-bond donors (Lipinski definition) is 3. The molecule has 0 radical (unpaired) electrons. The number of nitrogens with zero attached hydrogens (tertiary/aromatic N) is 4. The van der Waals surface area contributed by atoms with Gasteiger partial charge < -0.3 is 16.4 Å². The van der Waals surface area contributed by atoms with Gasteiger partial charge in [0.1, 0.15) is 18.5 Å². The molecule has 2 aromatic carbocycles. The van der Waals surface area contributed by atoms with E-state index in [-0.39, 0.29) is 11.9 Å². The molecule has 0 aliphatic carbocycles. The van der Waals surface area contributed by atoms with Crippen LogP contribution in [0.1, 0.15) is 39.2 Å². The fourth-order valence-electron chi connectivity index (χ4n) is 3.20. The van der Waals surface area contributed by atoms with Crippen molar-refractivity contribution < 1.29 is 9.59 Å². The number of primary amides is 1. The van der Waals surface area contributed by atoms with E-state index < -0.39 is 5.91 Å². The number of carbonyl (C=O) groups is 2. The van der Waals surface area contributed by atoms with Crippen LogP contribution < -0.4 is 16.4 Å². The highest BCUT2D eigenvalue weighted by molar-refractivity contribution is 6.07. The van der Waals surface area contributed by atoms with Crippen LogP contribution in [0.3, 0.4) is 0 Å². The predicted octanol–water partition coefficient (Wildman–Crippen LogP) is 2.94. The minimum Gasteiger partial charge on any atom is -0.366 e. The van der Waals surface area contributed by atoms with Gasteiger partial charge in [-0.25, -0.2) is 19.9 Å². The number of nitrogens with two attached hydrogens (primary N) is 1. The first-order valence-electron chi connectivity index (χ1n) is 9.49. The number of benzene rings is 2. The largest absolute Gasteiger partial charge is 0.366 e. The lowest BCUT2D eigenvalue weighted by Gasteiger charge is -2.17. The van der Waals surface area contributed by atoms with Gasteiger partial charge in [0.25, 0.3) is 11.8 Å². The minimum atomic E-state index is -0.546. The molecule has 4 aromatic rings. The van der Waals surface area contributed by atoms with Gasteiger partial charge in [0.15, 0.2) is 0 Å². The summed E-state index contributed by atoms with van der Waals surface area (Å²) in [5.74, 6) is -0.258. The Morgan fingerprint density at radius 3 is 2.55 bits per heavy atom. The summed E-state index contributed by atoms with van der Waals surface area (Å²) in [4.78, 5) is 40.3. The third-order valence-corrected chi connectivity index (χ3v) is 4.75. The van der Waals surface area contributed by atoms with Crippen molar-refractivity contribution >= 4 is 34.2 Å². The fraction of sp³-hybridized carbons (Fsp3) is 0.0909. The first-order valence-corrected chi connectivity index (χ1v) is 9.49.